The Hall–Kier alpha value is -1.91. The van der Waals surface area contributed by atoms with Gasteiger partial charge in [-0.3, -0.25) is 0 Å². The summed E-state index contributed by atoms with van der Waals surface area (Å²) < 4.78 is 7.02. The van der Waals surface area contributed by atoms with Gasteiger partial charge in [-0.15, -0.1) is 11.3 Å². The molecule has 3 nitrogen and oxygen atoms in total. The van der Waals surface area contributed by atoms with E-state index in [1.165, 1.54) is 10.3 Å². The molecular formula is C17H18N2OS. The van der Waals surface area contributed by atoms with Gasteiger partial charge >= 0.3 is 0 Å². The van der Waals surface area contributed by atoms with Crippen molar-refractivity contribution in [1.29, 1.82) is 0 Å². The quantitative estimate of drug-likeness (QED) is 0.753. The SMILES string of the molecule is NCCCc1nc2ccc(OCc3ccccc3)cc2s1. The second kappa shape index (κ2) is 6.70. The van der Waals surface area contributed by atoms with Crippen LogP contribution in [-0.2, 0) is 13.0 Å². The van der Waals surface area contributed by atoms with Crippen molar-refractivity contribution < 1.29 is 4.74 Å². The first-order chi connectivity index (χ1) is 10.3. The van der Waals surface area contributed by atoms with Crippen LogP contribution in [0.25, 0.3) is 10.2 Å². The second-order valence-electron chi connectivity index (χ2n) is 4.90. The van der Waals surface area contributed by atoms with E-state index >= 15 is 0 Å². The number of ether oxygens (including phenoxy) is 1. The minimum absolute atomic E-state index is 0.588. The highest BCUT2D eigenvalue weighted by Crippen LogP contribution is 2.27. The fourth-order valence-electron chi connectivity index (χ4n) is 2.14. The number of aromatic nitrogens is 1. The molecule has 2 N–H and O–H groups in total. The van der Waals surface area contributed by atoms with Crippen molar-refractivity contribution in [2.75, 3.05) is 6.54 Å². The van der Waals surface area contributed by atoms with Crippen LogP contribution in [0.4, 0.5) is 0 Å². The largest absolute Gasteiger partial charge is 0.489 e. The summed E-state index contributed by atoms with van der Waals surface area (Å²) >= 11 is 1.73. The first-order valence-electron chi connectivity index (χ1n) is 7.11. The molecule has 0 aliphatic rings. The first-order valence-corrected chi connectivity index (χ1v) is 7.93. The summed E-state index contributed by atoms with van der Waals surface area (Å²) in [5.41, 5.74) is 7.76. The van der Waals surface area contributed by atoms with Crippen LogP contribution in [0.3, 0.4) is 0 Å². The molecule has 2 aromatic carbocycles. The highest BCUT2D eigenvalue weighted by atomic mass is 32.1. The third-order valence-electron chi connectivity index (χ3n) is 3.25. The number of thiazole rings is 1. The number of nitrogens with two attached hydrogens (primary N) is 1. The Bertz CT molecular complexity index is 709. The fourth-order valence-corrected chi connectivity index (χ4v) is 3.18. The van der Waals surface area contributed by atoms with Crippen molar-refractivity contribution in [2.24, 2.45) is 5.73 Å². The van der Waals surface area contributed by atoms with Crippen molar-refractivity contribution >= 4 is 21.6 Å². The van der Waals surface area contributed by atoms with Gasteiger partial charge in [0.2, 0.25) is 0 Å². The Morgan fingerprint density at radius 1 is 1.10 bits per heavy atom. The molecule has 0 amide bonds. The van der Waals surface area contributed by atoms with Gasteiger partial charge in [0.25, 0.3) is 0 Å². The molecule has 21 heavy (non-hydrogen) atoms. The van der Waals surface area contributed by atoms with Gasteiger partial charge in [-0.05, 0) is 36.7 Å². The summed E-state index contributed by atoms with van der Waals surface area (Å²) in [6, 6.07) is 16.3. The molecule has 108 valence electrons. The van der Waals surface area contributed by atoms with Gasteiger partial charge in [-0.1, -0.05) is 30.3 Å². The summed E-state index contributed by atoms with van der Waals surface area (Å²) in [6.07, 6.45) is 1.94. The predicted octanol–water partition coefficient (Wildman–Crippen LogP) is 3.77. The van der Waals surface area contributed by atoms with Crippen molar-refractivity contribution in [3.63, 3.8) is 0 Å². The average molecular weight is 298 g/mol. The van der Waals surface area contributed by atoms with E-state index < -0.39 is 0 Å². The standard InChI is InChI=1S/C17H18N2OS/c18-10-4-7-17-19-15-9-8-14(11-16(15)21-17)20-12-13-5-2-1-3-6-13/h1-3,5-6,8-9,11H,4,7,10,12,18H2. The highest BCUT2D eigenvalue weighted by Gasteiger charge is 2.05. The molecule has 0 saturated carbocycles. The molecule has 3 rings (SSSR count). The molecule has 0 atom stereocenters. The molecule has 0 unspecified atom stereocenters. The van der Waals surface area contributed by atoms with E-state index in [2.05, 4.69) is 23.2 Å². The third kappa shape index (κ3) is 3.60. The number of hydrogen-bond acceptors (Lipinski definition) is 4. The lowest BCUT2D eigenvalue weighted by atomic mass is 10.2. The van der Waals surface area contributed by atoms with Crippen molar-refractivity contribution in [1.82, 2.24) is 4.98 Å². The molecular weight excluding hydrogens is 280 g/mol. The van der Waals surface area contributed by atoms with Crippen molar-refractivity contribution in [3.8, 4) is 5.75 Å². The molecule has 0 fully saturated rings. The summed E-state index contributed by atoms with van der Waals surface area (Å²) in [4.78, 5) is 4.62. The average Bonchev–Trinajstić information content (AvgIpc) is 2.94. The van der Waals surface area contributed by atoms with E-state index in [0.29, 0.717) is 13.2 Å². The summed E-state index contributed by atoms with van der Waals surface area (Å²) in [5.74, 6) is 0.889. The van der Waals surface area contributed by atoms with E-state index in [1.54, 1.807) is 11.3 Å². The molecule has 1 aromatic heterocycles. The minimum atomic E-state index is 0.588. The van der Waals surface area contributed by atoms with Crippen LogP contribution in [-0.4, -0.2) is 11.5 Å². The summed E-state index contributed by atoms with van der Waals surface area (Å²) in [5, 5.41) is 1.15. The Labute approximate surface area is 128 Å². The topological polar surface area (TPSA) is 48.1 Å². The van der Waals surface area contributed by atoms with Crippen LogP contribution in [0.2, 0.25) is 0 Å². The zero-order chi connectivity index (χ0) is 14.5. The Morgan fingerprint density at radius 3 is 2.76 bits per heavy atom. The Morgan fingerprint density at radius 2 is 1.95 bits per heavy atom. The fraction of sp³-hybridized carbons (Fsp3) is 0.235. The molecule has 4 heteroatoms. The predicted molar refractivity (Wildman–Crippen MR) is 87.8 cm³/mol. The molecule has 1 heterocycles. The Kier molecular flexibility index (Phi) is 4.48. The molecule has 0 spiro atoms. The van der Waals surface area contributed by atoms with Crippen molar-refractivity contribution in [2.45, 2.75) is 19.4 Å². The summed E-state index contributed by atoms with van der Waals surface area (Å²) in [7, 11) is 0. The molecule has 0 radical (unpaired) electrons. The van der Waals surface area contributed by atoms with E-state index in [-0.39, 0.29) is 0 Å². The van der Waals surface area contributed by atoms with Crippen LogP contribution >= 0.6 is 11.3 Å². The van der Waals surface area contributed by atoms with E-state index in [0.717, 1.165) is 29.1 Å². The zero-order valence-electron chi connectivity index (χ0n) is 11.8. The molecule has 0 aliphatic heterocycles. The maximum Gasteiger partial charge on any atom is 0.121 e. The summed E-state index contributed by atoms with van der Waals surface area (Å²) in [6.45, 7) is 1.30. The molecule has 0 aliphatic carbocycles. The maximum absolute atomic E-state index is 5.85. The first kappa shape index (κ1) is 14.0. The van der Waals surface area contributed by atoms with Crippen LogP contribution in [0.15, 0.2) is 48.5 Å². The van der Waals surface area contributed by atoms with Gasteiger partial charge in [0, 0.05) is 6.42 Å². The number of fused-ring (bicyclic) bond motifs is 1. The van der Waals surface area contributed by atoms with E-state index in [4.69, 9.17) is 10.5 Å². The number of benzene rings is 2. The monoisotopic (exact) mass is 298 g/mol. The van der Waals surface area contributed by atoms with E-state index in [1.807, 2.05) is 30.3 Å². The number of aryl methyl sites for hydroxylation is 1. The zero-order valence-corrected chi connectivity index (χ0v) is 12.6. The molecule has 0 bridgehead atoms. The lowest BCUT2D eigenvalue weighted by Crippen LogP contribution is -1.99. The lowest BCUT2D eigenvalue weighted by Gasteiger charge is -2.05. The minimum Gasteiger partial charge on any atom is -0.489 e. The smallest absolute Gasteiger partial charge is 0.121 e. The van der Waals surface area contributed by atoms with Gasteiger partial charge in [0.15, 0.2) is 0 Å². The van der Waals surface area contributed by atoms with Gasteiger partial charge in [0.05, 0.1) is 15.2 Å². The number of hydrogen-bond donors (Lipinski definition) is 1. The van der Waals surface area contributed by atoms with Crippen LogP contribution in [0.1, 0.15) is 17.0 Å². The normalized spacial score (nSPS) is 10.9. The maximum atomic E-state index is 5.85. The second-order valence-corrected chi connectivity index (χ2v) is 6.02. The van der Waals surface area contributed by atoms with Gasteiger partial charge in [-0.2, -0.15) is 0 Å². The van der Waals surface area contributed by atoms with Gasteiger partial charge in [-0.25, -0.2) is 4.98 Å². The van der Waals surface area contributed by atoms with Gasteiger partial charge < -0.3 is 10.5 Å². The van der Waals surface area contributed by atoms with Crippen LogP contribution < -0.4 is 10.5 Å². The Balaban J connectivity index is 1.71. The molecule has 0 saturated heterocycles. The molecule has 3 aromatic rings. The lowest BCUT2D eigenvalue weighted by molar-refractivity contribution is 0.306. The number of rotatable bonds is 6. The highest BCUT2D eigenvalue weighted by molar-refractivity contribution is 7.18. The number of nitrogens with zero attached hydrogens (tertiary/aromatic N) is 1. The third-order valence-corrected chi connectivity index (χ3v) is 4.33. The van der Waals surface area contributed by atoms with Gasteiger partial charge in [0.1, 0.15) is 12.4 Å². The van der Waals surface area contributed by atoms with Crippen LogP contribution in [0.5, 0.6) is 5.75 Å². The van der Waals surface area contributed by atoms with Crippen molar-refractivity contribution in [3.05, 3.63) is 59.1 Å². The van der Waals surface area contributed by atoms with E-state index in [9.17, 15) is 0 Å². The van der Waals surface area contributed by atoms with Crippen LogP contribution in [0, 0.1) is 0 Å².